The lowest BCUT2D eigenvalue weighted by Gasteiger charge is -2.24. The minimum absolute atomic E-state index is 0.0354. The number of hydrogen-bond acceptors (Lipinski definition) is 4. The minimum atomic E-state index is 0.0354. The lowest BCUT2D eigenvalue weighted by molar-refractivity contribution is 0.219. The Morgan fingerprint density at radius 3 is 3.12 bits per heavy atom. The predicted octanol–water partition coefficient (Wildman–Crippen LogP) is 1.84. The van der Waals surface area contributed by atoms with Crippen molar-refractivity contribution in [1.82, 2.24) is 10.4 Å². The lowest BCUT2D eigenvalue weighted by atomic mass is 9.93. The zero-order chi connectivity index (χ0) is 12.1. The first-order chi connectivity index (χ1) is 8.36. The van der Waals surface area contributed by atoms with Gasteiger partial charge >= 0.3 is 0 Å². The van der Waals surface area contributed by atoms with Crippen LogP contribution in [0.4, 0.5) is 0 Å². The molecule has 2 heterocycles. The van der Waals surface area contributed by atoms with Crippen LogP contribution in [0.5, 0.6) is 0 Å². The molecular weight excluding hydrogens is 214 g/mol. The molecule has 2 rings (SSSR count). The highest BCUT2D eigenvalue weighted by molar-refractivity contribution is 5.33. The molecule has 1 aliphatic rings. The summed E-state index contributed by atoms with van der Waals surface area (Å²) < 4.78 is 5.39. The van der Waals surface area contributed by atoms with Gasteiger partial charge in [-0.1, -0.05) is 6.92 Å². The van der Waals surface area contributed by atoms with Crippen molar-refractivity contribution < 1.29 is 4.74 Å². The number of ether oxygens (including phenoxy) is 1. The molecule has 1 aliphatic heterocycles. The maximum Gasteiger partial charge on any atom is 0.0876 e. The van der Waals surface area contributed by atoms with Crippen LogP contribution in [-0.2, 0) is 11.2 Å². The van der Waals surface area contributed by atoms with Crippen LogP contribution in [0.1, 0.15) is 36.9 Å². The van der Waals surface area contributed by atoms with E-state index < -0.39 is 0 Å². The van der Waals surface area contributed by atoms with E-state index in [0.717, 1.165) is 25.9 Å². The quantitative estimate of drug-likeness (QED) is 0.615. The lowest BCUT2D eigenvalue weighted by Crippen LogP contribution is -2.31. The summed E-state index contributed by atoms with van der Waals surface area (Å²) in [6.45, 7) is 2.93. The number of aryl methyl sites for hydroxylation is 1. The maximum absolute atomic E-state index is 5.69. The van der Waals surface area contributed by atoms with Crippen molar-refractivity contribution in [2.24, 2.45) is 5.84 Å². The van der Waals surface area contributed by atoms with Gasteiger partial charge in [-0.25, -0.2) is 5.43 Å². The molecule has 1 aromatic rings. The van der Waals surface area contributed by atoms with Crippen LogP contribution in [-0.4, -0.2) is 11.6 Å². The molecule has 4 nitrogen and oxygen atoms in total. The molecule has 17 heavy (non-hydrogen) atoms. The SMILES string of the molecule is CCc1cnccc1C(NN)C1=COCCC1. The summed E-state index contributed by atoms with van der Waals surface area (Å²) in [5, 5.41) is 0. The fourth-order valence-corrected chi connectivity index (χ4v) is 2.21. The Hall–Kier alpha value is -1.39. The standard InChI is InChI=1S/C13H19N3O/c1-2-10-8-15-6-5-12(10)13(16-14)11-4-3-7-17-9-11/h5-6,8-9,13,16H,2-4,7,14H2,1H3. The van der Waals surface area contributed by atoms with Gasteiger partial charge in [-0.2, -0.15) is 0 Å². The van der Waals surface area contributed by atoms with E-state index in [-0.39, 0.29) is 6.04 Å². The van der Waals surface area contributed by atoms with Crippen LogP contribution in [0.2, 0.25) is 0 Å². The number of nitrogens with zero attached hydrogens (tertiary/aromatic N) is 1. The summed E-state index contributed by atoms with van der Waals surface area (Å²) in [7, 11) is 0. The number of hydrazine groups is 1. The molecule has 4 heteroatoms. The fraction of sp³-hybridized carbons (Fsp3) is 0.462. The van der Waals surface area contributed by atoms with E-state index in [0.29, 0.717) is 0 Å². The summed E-state index contributed by atoms with van der Waals surface area (Å²) in [6.07, 6.45) is 8.59. The Morgan fingerprint density at radius 2 is 2.47 bits per heavy atom. The van der Waals surface area contributed by atoms with Crippen LogP contribution < -0.4 is 11.3 Å². The van der Waals surface area contributed by atoms with Gasteiger partial charge in [-0.3, -0.25) is 10.8 Å². The second-order valence-corrected chi connectivity index (χ2v) is 4.19. The normalized spacial score (nSPS) is 17.2. The van der Waals surface area contributed by atoms with Crippen LogP contribution >= 0.6 is 0 Å². The second kappa shape index (κ2) is 5.80. The van der Waals surface area contributed by atoms with Crippen LogP contribution in [0.25, 0.3) is 0 Å². The van der Waals surface area contributed by atoms with E-state index in [9.17, 15) is 0 Å². The average Bonchev–Trinajstić information content (AvgIpc) is 2.41. The van der Waals surface area contributed by atoms with E-state index in [1.54, 1.807) is 0 Å². The average molecular weight is 233 g/mol. The van der Waals surface area contributed by atoms with Gasteiger partial charge in [0, 0.05) is 12.4 Å². The Labute approximate surface area is 102 Å². The molecule has 1 atom stereocenters. The molecular formula is C13H19N3O. The first kappa shape index (κ1) is 12.1. The molecule has 0 bridgehead atoms. The second-order valence-electron chi connectivity index (χ2n) is 4.19. The fourth-order valence-electron chi connectivity index (χ4n) is 2.21. The van der Waals surface area contributed by atoms with Crippen LogP contribution in [0.3, 0.4) is 0 Å². The van der Waals surface area contributed by atoms with Crippen molar-refractivity contribution in [3.8, 4) is 0 Å². The number of nitrogens with one attached hydrogen (secondary N) is 1. The number of aromatic nitrogens is 1. The summed E-state index contributed by atoms with van der Waals surface area (Å²) in [6, 6.07) is 2.06. The Balaban J connectivity index is 2.31. The molecule has 0 fully saturated rings. The highest BCUT2D eigenvalue weighted by Gasteiger charge is 2.19. The molecule has 0 radical (unpaired) electrons. The van der Waals surface area contributed by atoms with Gasteiger partial charge in [-0.05, 0) is 42.0 Å². The van der Waals surface area contributed by atoms with E-state index in [2.05, 4.69) is 17.3 Å². The number of nitrogens with two attached hydrogens (primary N) is 1. The highest BCUT2D eigenvalue weighted by atomic mass is 16.5. The van der Waals surface area contributed by atoms with Gasteiger partial charge in [0.05, 0.1) is 18.9 Å². The molecule has 0 saturated carbocycles. The number of rotatable bonds is 4. The molecule has 0 saturated heterocycles. The van der Waals surface area contributed by atoms with Crippen molar-refractivity contribution >= 4 is 0 Å². The smallest absolute Gasteiger partial charge is 0.0876 e. The molecule has 0 aromatic carbocycles. The Kier molecular flexibility index (Phi) is 4.12. The van der Waals surface area contributed by atoms with Crippen LogP contribution in [0, 0.1) is 0 Å². The number of pyridine rings is 1. The third-order valence-corrected chi connectivity index (χ3v) is 3.13. The summed E-state index contributed by atoms with van der Waals surface area (Å²) in [4.78, 5) is 4.16. The highest BCUT2D eigenvalue weighted by Crippen LogP contribution is 2.28. The van der Waals surface area contributed by atoms with E-state index in [1.165, 1.54) is 16.7 Å². The largest absolute Gasteiger partial charge is 0.501 e. The molecule has 1 aromatic heterocycles. The van der Waals surface area contributed by atoms with Crippen molar-refractivity contribution in [3.63, 3.8) is 0 Å². The van der Waals surface area contributed by atoms with Gasteiger partial charge in [0.25, 0.3) is 0 Å². The number of hydrogen-bond donors (Lipinski definition) is 2. The van der Waals surface area contributed by atoms with Crippen LogP contribution in [0.15, 0.2) is 30.3 Å². The van der Waals surface area contributed by atoms with Gasteiger partial charge < -0.3 is 4.74 Å². The predicted molar refractivity (Wildman–Crippen MR) is 66.9 cm³/mol. The Bertz CT molecular complexity index is 403. The first-order valence-electron chi connectivity index (χ1n) is 6.06. The van der Waals surface area contributed by atoms with Crippen molar-refractivity contribution in [2.45, 2.75) is 32.2 Å². The van der Waals surface area contributed by atoms with Crippen molar-refractivity contribution in [1.29, 1.82) is 0 Å². The Morgan fingerprint density at radius 1 is 1.59 bits per heavy atom. The summed E-state index contributed by atoms with van der Waals surface area (Å²) >= 11 is 0. The molecule has 1 unspecified atom stereocenters. The van der Waals surface area contributed by atoms with E-state index >= 15 is 0 Å². The molecule has 0 spiro atoms. The van der Waals surface area contributed by atoms with Gasteiger partial charge in [0.1, 0.15) is 0 Å². The summed E-state index contributed by atoms with van der Waals surface area (Å²) in [5.74, 6) is 5.69. The third-order valence-electron chi connectivity index (χ3n) is 3.13. The maximum atomic E-state index is 5.69. The first-order valence-corrected chi connectivity index (χ1v) is 6.06. The third kappa shape index (κ3) is 2.65. The van der Waals surface area contributed by atoms with Crippen molar-refractivity contribution in [2.75, 3.05) is 6.61 Å². The topological polar surface area (TPSA) is 60.2 Å². The van der Waals surface area contributed by atoms with Gasteiger partial charge in [0.15, 0.2) is 0 Å². The minimum Gasteiger partial charge on any atom is -0.501 e. The zero-order valence-corrected chi connectivity index (χ0v) is 10.1. The van der Waals surface area contributed by atoms with E-state index in [1.807, 2.05) is 24.7 Å². The van der Waals surface area contributed by atoms with Gasteiger partial charge in [-0.15, -0.1) is 0 Å². The molecule has 0 aliphatic carbocycles. The monoisotopic (exact) mass is 233 g/mol. The van der Waals surface area contributed by atoms with Crippen molar-refractivity contribution in [3.05, 3.63) is 41.4 Å². The van der Waals surface area contributed by atoms with Gasteiger partial charge in [0.2, 0.25) is 0 Å². The summed E-state index contributed by atoms with van der Waals surface area (Å²) in [5.41, 5.74) is 6.51. The van der Waals surface area contributed by atoms with E-state index in [4.69, 9.17) is 10.6 Å². The zero-order valence-electron chi connectivity index (χ0n) is 10.1. The molecule has 0 amide bonds. The molecule has 3 N–H and O–H groups in total. The molecule has 92 valence electrons.